The van der Waals surface area contributed by atoms with Gasteiger partial charge in [0, 0.05) is 12.7 Å². The molecule has 0 atom stereocenters. The minimum atomic E-state index is 0. The minimum Gasteiger partial charge on any atom is -0.106 e. The molecule has 0 aromatic rings. The molecule has 0 nitrogen and oxygen atoms in total. The van der Waals surface area contributed by atoms with Crippen LogP contribution < -0.4 is 0 Å². The molecule has 0 unspecified atom stereocenters. The van der Waals surface area contributed by atoms with Crippen LogP contribution >= 0.6 is 0 Å². The molecule has 0 aliphatic rings. The second-order valence-corrected chi connectivity index (χ2v) is 0. The number of rotatable bonds is 0. The molecule has 0 aliphatic heterocycles. The zero-order valence-corrected chi connectivity index (χ0v) is 9.06. The van der Waals surface area contributed by atoms with Gasteiger partial charge in [0.2, 0.25) is 0 Å². The molecule has 0 fully saturated rings. The summed E-state index contributed by atoms with van der Waals surface area (Å²) in [5.74, 6) is 0. The highest BCUT2D eigenvalue weighted by atomic mass is 12.7. The van der Waals surface area contributed by atoms with Crippen LogP contribution in [0.3, 0.4) is 0 Å². The fraction of sp³-hybridized carbons (Fsp3) is 0.0769. The molecule has 0 bridgehead atoms. The molecule has 0 amide bonds. The van der Waals surface area contributed by atoms with Crippen molar-refractivity contribution in [3.05, 3.63) is 78.9 Å². The standard InChI is InChI=1S/6C2H4.CH4.B.3H2/c6*1-2;;;;;/h6*1-2H2;1H4;;3*1H. The fourth-order valence-corrected chi connectivity index (χ4v) is 0. The lowest BCUT2D eigenvalue weighted by atomic mass is 10.8. The summed E-state index contributed by atoms with van der Waals surface area (Å²) in [6.45, 7) is 36.0. The zero-order valence-electron chi connectivity index (χ0n) is 9.06. The summed E-state index contributed by atoms with van der Waals surface area (Å²) < 4.78 is 0. The smallest absolute Gasteiger partial charge is 0 e. The SMILES string of the molecule is C.C=C.C=C.C=C.C=C.C=C.C=C.[B].[HH].[HH].[HH]. The van der Waals surface area contributed by atoms with Crippen molar-refractivity contribution in [2.45, 2.75) is 7.43 Å². The Morgan fingerprint density at radius 3 is 0.357 bits per heavy atom. The van der Waals surface area contributed by atoms with Gasteiger partial charge in [0.1, 0.15) is 0 Å². The predicted molar refractivity (Wildman–Crippen MR) is 86.4 cm³/mol. The third kappa shape index (κ3) is 425. The lowest BCUT2D eigenvalue weighted by molar-refractivity contribution is 2.50. The van der Waals surface area contributed by atoms with E-state index in [9.17, 15) is 0 Å². The van der Waals surface area contributed by atoms with Crippen molar-refractivity contribution in [1.29, 1.82) is 0 Å². The van der Waals surface area contributed by atoms with E-state index in [-0.39, 0.29) is 20.1 Å². The Hall–Kier alpha value is -1.50. The van der Waals surface area contributed by atoms with Crippen molar-refractivity contribution >= 4 is 8.41 Å². The molecule has 14 heavy (non-hydrogen) atoms. The monoisotopic (exact) mass is 201 g/mol. The second-order valence-electron chi connectivity index (χ2n) is 0. The molecular formula is C13H34B. The van der Waals surface area contributed by atoms with E-state index in [0.29, 0.717) is 0 Å². The highest BCUT2D eigenvalue weighted by Gasteiger charge is 0.611. The van der Waals surface area contributed by atoms with Gasteiger partial charge < -0.3 is 0 Å². The van der Waals surface area contributed by atoms with Gasteiger partial charge in [-0.15, -0.1) is 78.9 Å². The lowest BCUT2D eigenvalue weighted by Crippen LogP contribution is -0.552. The van der Waals surface area contributed by atoms with Gasteiger partial charge in [-0.1, -0.05) is 7.43 Å². The van der Waals surface area contributed by atoms with Crippen molar-refractivity contribution in [3.63, 3.8) is 0 Å². The summed E-state index contributed by atoms with van der Waals surface area (Å²) in [6.07, 6.45) is 0. The molecule has 0 heterocycles. The average Bonchev–Trinajstić information content (AvgIpc) is 2.33. The first-order valence-corrected chi connectivity index (χ1v) is 3.00. The predicted octanol–water partition coefficient (Wildman–Crippen LogP) is 5.81. The van der Waals surface area contributed by atoms with E-state index >= 15 is 0 Å². The summed E-state index contributed by atoms with van der Waals surface area (Å²) in [5, 5.41) is 0. The Morgan fingerprint density at radius 2 is 0.357 bits per heavy atom. The fourth-order valence-electron chi connectivity index (χ4n) is 0. The normalized spacial score (nSPS) is 1.71. The van der Waals surface area contributed by atoms with Crippen LogP contribution in [0.5, 0.6) is 0 Å². The Morgan fingerprint density at radius 1 is 0.357 bits per heavy atom. The highest BCUT2D eigenvalue weighted by Crippen LogP contribution is 0.872. The van der Waals surface area contributed by atoms with Crippen molar-refractivity contribution in [3.8, 4) is 0 Å². The van der Waals surface area contributed by atoms with Gasteiger partial charge in [-0.25, -0.2) is 0 Å². The van der Waals surface area contributed by atoms with E-state index in [1.54, 1.807) is 0 Å². The maximum Gasteiger partial charge on any atom is 0 e. The average molecular weight is 201 g/mol. The summed E-state index contributed by atoms with van der Waals surface area (Å²) in [7, 11) is 0. The first-order valence-electron chi connectivity index (χ1n) is 3.00. The van der Waals surface area contributed by atoms with Crippen LogP contribution in [0.25, 0.3) is 0 Å². The molecule has 0 rings (SSSR count). The molecule has 0 N–H and O–H groups in total. The first-order chi connectivity index (χ1) is 6.00. The van der Waals surface area contributed by atoms with Crippen LogP contribution in [0.4, 0.5) is 0 Å². The second kappa shape index (κ2) is 568. The van der Waals surface area contributed by atoms with E-state index < -0.39 is 0 Å². The van der Waals surface area contributed by atoms with Crippen LogP contribution in [0.2, 0.25) is 0 Å². The van der Waals surface area contributed by atoms with Gasteiger partial charge >= 0.3 is 0 Å². The summed E-state index contributed by atoms with van der Waals surface area (Å²) in [6, 6.07) is 0. The molecule has 3 radical (unpaired) electrons. The minimum absolute atomic E-state index is 0. The van der Waals surface area contributed by atoms with Gasteiger partial charge in [-0.2, -0.15) is 0 Å². The Balaban J connectivity index is -0.00000000267. The quantitative estimate of drug-likeness (QED) is 0.343. The third-order valence-corrected chi connectivity index (χ3v) is 0. The van der Waals surface area contributed by atoms with E-state index in [1.165, 1.54) is 0 Å². The molecule has 0 saturated heterocycles. The summed E-state index contributed by atoms with van der Waals surface area (Å²) >= 11 is 0. The number of hydrogen-bond donors (Lipinski definition) is 0. The van der Waals surface area contributed by atoms with Gasteiger partial charge in [0.25, 0.3) is 0 Å². The third-order valence-electron chi connectivity index (χ3n) is 0. The molecule has 89 valence electrons. The van der Waals surface area contributed by atoms with E-state index in [1.807, 2.05) is 0 Å². The van der Waals surface area contributed by atoms with Crippen LogP contribution in [-0.2, 0) is 0 Å². The van der Waals surface area contributed by atoms with Crippen molar-refractivity contribution in [2.24, 2.45) is 0 Å². The van der Waals surface area contributed by atoms with Crippen LogP contribution in [0.15, 0.2) is 78.9 Å². The molecule has 1 heteroatoms. The van der Waals surface area contributed by atoms with E-state index in [4.69, 9.17) is 0 Å². The van der Waals surface area contributed by atoms with Gasteiger partial charge in [-0.05, 0) is 0 Å². The first kappa shape index (κ1) is 81.6. The number of hydrogen-bond acceptors (Lipinski definition) is 0. The van der Waals surface area contributed by atoms with Gasteiger partial charge in [0.05, 0.1) is 0 Å². The van der Waals surface area contributed by atoms with E-state index in [0.717, 1.165) is 0 Å². The topological polar surface area (TPSA) is 0 Å². The summed E-state index contributed by atoms with van der Waals surface area (Å²) in [5.41, 5.74) is 0. The van der Waals surface area contributed by atoms with Crippen molar-refractivity contribution in [2.75, 3.05) is 0 Å². The zero-order chi connectivity index (χ0) is 12.0. The molecule has 0 spiro atoms. The lowest BCUT2D eigenvalue weighted by Gasteiger charge is -0.813. The van der Waals surface area contributed by atoms with Crippen LogP contribution in [0, 0.1) is 0 Å². The van der Waals surface area contributed by atoms with E-state index in [2.05, 4.69) is 78.9 Å². The maximum atomic E-state index is 3.00. The van der Waals surface area contributed by atoms with Crippen LogP contribution in [0.1, 0.15) is 11.7 Å². The summed E-state index contributed by atoms with van der Waals surface area (Å²) in [4.78, 5) is 0. The highest BCUT2D eigenvalue weighted by molar-refractivity contribution is 5.75. The molecule has 0 aliphatic carbocycles. The molecule has 0 aromatic carbocycles. The Bertz CT molecular complexity index is 32.1. The van der Waals surface area contributed by atoms with Gasteiger partial charge in [-0.3, -0.25) is 0 Å². The van der Waals surface area contributed by atoms with Crippen molar-refractivity contribution in [1.82, 2.24) is 0 Å². The Labute approximate surface area is 99.8 Å². The largest absolute Gasteiger partial charge is 0.106 e. The Kier molecular flexibility index (Phi) is 3310. The molecular weight excluding hydrogens is 167 g/mol. The van der Waals surface area contributed by atoms with Crippen LogP contribution in [-0.4, -0.2) is 8.41 Å². The van der Waals surface area contributed by atoms with Crippen molar-refractivity contribution < 1.29 is 4.28 Å². The molecule has 0 aromatic heterocycles. The van der Waals surface area contributed by atoms with Gasteiger partial charge in [0.15, 0.2) is 0 Å². The maximum absolute atomic E-state index is 3.00. The molecule has 0 saturated carbocycles.